The quantitative estimate of drug-likeness (QED) is 0.754. The highest BCUT2D eigenvalue weighted by molar-refractivity contribution is 9.10. The SMILES string of the molecule is CCC(N)Cc1ccc(Br)cc1SCCS(C)(=O)=O. The van der Waals surface area contributed by atoms with Crippen LogP contribution < -0.4 is 5.73 Å². The lowest BCUT2D eigenvalue weighted by atomic mass is 10.1. The summed E-state index contributed by atoms with van der Waals surface area (Å²) in [6.45, 7) is 2.07. The van der Waals surface area contributed by atoms with Crippen LogP contribution in [0, 0.1) is 0 Å². The van der Waals surface area contributed by atoms with Gasteiger partial charge in [0.05, 0.1) is 5.75 Å². The summed E-state index contributed by atoms with van der Waals surface area (Å²) >= 11 is 5.02. The maximum atomic E-state index is 11.2. The van der Waals surface area contributed by atoms with Crippen molar-refractivity contribution in [1.82, 2.24) is 0 Å². The van der Waals surface area contributed by atoms with E-state index in [4.69, 9.17) is 5.73 Å². The van der Waals surface area contributed by atoms with Gasteiger partial charge in [-0.2, -0.15) is 0 Å². The minimum atomic E-state index is -2.90. The topological polar surface area (TPSA) is 60.2 Å². The molecule has 1 aromatic rings. The lowest BCUT2D eigenvalue weighted by Crippen LogP contribution is -2.21. The molecule has 1 unspecified atom stereocenters. The monoisotopic (exact) mass is 365 g/mol. The van der Waals surface area contributed by atoms with E-state index in [0.717, 1.165) is 22.2 Å². The van der Waals surface area contributed by atoms with Crippen LogP contribution in [0.1, 0.15) is 18.9 Å². The second-order valence-corrected chi connectivity index (χ2v) is 8.92. The molecule has 0 fully saturated rings. The molecule has 2 N–H and O–H groups in total. The first-order chi connectivity index (χ1) is 8.81. The Morgan fingerprint density at radius 3 is 2.68 bits per heavy atom. The number of halogens is 1. The van der Waals surface area contributed by atoms with Crippen molar-refractivity contribution in [2.24, 2.45) is 5.73 Å². The van der Waals surface area contributed by atoms with Crippen molar-refractivity contribution in [3.8, 4) is 0 Å². The van der Waals surface area contributed by atoms with Gasteiger partial charge in [0, 0.05) is 27.4 Å². The van der Waals surface area contributed by atoms with Crippen molar-refractivity contribution in [2.75, 3.05) is 17.8 Å². The second kappa shape index (κ2) is 7.67. The molecule has 1 atom stereocenters. The molecule has 0 aliphatic rings. The summed E-state index contributed by atoms with van der Waals surface area (Å²) in [6, 6.07) is 6.24. The van der Waals surface area contributed by atoms with Gasteiger partial charge in [-0.25, -0.2) is 8.42 Å². The van der Waals surface area contributed by atoms with Crippen molar-refractivity contribution in [1.29, 1.82) is 0 Å². The van der Waals surface area contributed by atoms with Gasteiger partial charge in [0.25, 0.3) is 0 Å². The fraction of sp³-hybridized carbons (Fsp3) is 0.538. The Hall–Kier alpha value is -0.0400. The maximum Gasteiger partial charge on any atom is 0.148 e. The van der Waals surface area contributed by atoms with Gasteiger partial charge in [0.2, 0.25) is 0 Å². The van der Waals surface area contributed by atoms with Crippen molar-refractivity contribution in [3.05, 3.63) is 28.2 Å². The molecule has 0 aliphatic heterocycles. The first-order valence-electron chi connectivity index (χ1n) is 6.16. The standard InChI is InChI=1S/C13H20BrNO2S2/c1-3-12(15)8-10-4-5-11(14)9-13(10)18-6-7-19(2,16)17/h4-5,9,12H,3,6-8,15H2,1-2H3. The van der Waals surface area contributed by atoms with Crippen molar-refractivity contribution < 1.29 is 8.42 Å². The van der Waals surface area contributed by atoms with Gasteiger partial charge in [-0.05, 0) is 30.5 Å². The highest BCUT2D eigenvalue weighted by Gasteiger charge is 2.09. The molecular formula is C13H20BrNO2S2. The van der Waals surface area contributed by atoms with Crippen LogP contribution >= 0.6 is 27.7 Å². The largest absolute Gasteiger partial charge is 0.327 e. The van der Waals surface area contributed by atoms with Crippen LogP contribution in [0.4, 0.5) is 0 Å². The van der Waals surface area contributed by atoms with E-state index in [9.17, 15) is 8.42 Å². The molecule has 0 amide bonds. The van der Waals surface area contributed by atoms with Crippen LogP contribution in [0.25, 0.3) is 0 Å². The molecule has 0 radical (unpaired) electrons. The van der Waals surface area contributed by atoms with E-state index in [2.05, 4.69) is 28.9 Å². The van der Waals surface area contributed by atoms with Gasteiger partial charge < -0.3 is 5.73 Å². The molecule has 0 saturated heterocycles. The summed E-state index contributed by atoms with van der Waals surface area (Å²) in [5, 5.41) is 0. The Morgan fingerprint density at radius 1 is 1.42 bits per heavy atom. The highest BCUT2D eigenvalue weighted by atomic mass is 79.9. The molecular weight excluding hydrogens is 346 g/mol. The van der Waals surface area contributed by atoms with E-state index in [1.54, 1.807) is 11.8 Å². The average molecular weight is 366 g/mol. The predicted molar refractivity (Wildman–Crippen MR) is 86.5 cm³/mol. The van der Waals surface area contributed by atoms with Gasteiger partial charge in [0.1, 0.15) is 9.84 Å². The zero-order valence-corrected chi connectivity index (χ0v) is 14.4. The number of hydrogen-bond donors (Lipinski definition) is 1. The van der Waals surface area contributed by atoms with Crippen LogP contribution in [0.2, 0.25) is 0 Å². The highest BCUT2D eigenvalue weighted by Crippen LogP contribution is 2.27. The molecule has 0 spiro atoms. The molecule has 0 heterocycles. The van der Waals surface area contributed by atoms with E-state index in [1.807, 2.05) is 12.1 Å². The molecule has 1 rings (SSSR count). The van der Waals surface area contributed by atoms with Gasteiger partial charge in [-0.1, -0.05) is 28.9 Å². The summed E-state index contributed by atoms with van der Waals surface area (Å²) < 4.78 is 23.3. The second-order valence-electron chi connectivity index (χ2n) is 4.60. The van der Waals surface area contributed by atoms with E-state index in [-0.39, 0.29) is 11.8 Å². The van der Waals surface area contributed by atoms with Crippen LogP contribution in [0.5, 0.6) is 0 Å². The molecule has 0 aromatic heterocycles. The first kappa shape index (κ1) is 17.0. The lowest BCUT2D eigenvalue weighted by molar-refractivity contribution is 0.603. The molecule has 0 bridgehead atoms. The normalized spacial score (nSPS) is 13.5. The maximum absolute atomic E-state index is 11.2. The Kier molecular flexibility index (Phi) is 6.86. The van der Waals surface area contributed by atoms with Crippen LogP contribution in [0.3, 0.4) is 0 Å². The number of sulfone groups is 1. The molecule has 0 saturated carbocycles. The number of hydrogen-bond acceptors (Lipinski definition) is 4. The van der Waals surface area contributed by atoms with E-state index >= 15 is 0 Å². The smallest absolute Gasteiger partial charge is 0.148 e. The van der Waals surface area contributed by atoms with Crippen LogP contribution in [0.15, 0.2) is 27.6 Å². The third-order valence-corrected chi connectivity index (χ3v) is 5.54. The molecule has 3 nitrogen and oxygen atoms in total. The van der Waals surface area contributed by atoms with Gasteiger partial charge in [-0.15, -0.1) is 11.8 Å². The molecule has 1 aromatic carbocycles. The third-order valence-electron chi connectivity index (χ3n) is 2.75. The van der Waals surface area contributed by atoms with E-state index in [1.165, 1.54) is 11.8 Å². The molecule has 0 aliphatic carbocycles. The molecule has 108 valence electrons. The average Bonchev–Trinajstić information content (AvgIpc) is 2.30. The lowest BCUT2D eigenvalue weighted by Gasteiger charge is -2.13. The Bertz CT molecular complexity index is 517. The summed E-state index contributed by atoms with van der Waals surface area (Å²) in [6.07, 6.45) is 3.02. The van der Waals surface area contributed by atoms with E-state index < -0.39 is 9.84 Å². The third kappa shape index (κ3) is 6.79. The van der Waals surface area contributed by atoms with Crippen LogP contribution in [-0.4, -0.2) is 32.2 Å². The van der Waals surface area contributed by atoms with Gasteiger partial charge in [0.15, 0.2) is 0 Å². The van der Waals surface area contributed by atoms with Crippen molar-refractivity contribution in [3.63, 3.8) is 0 Å². The fourth-order valence-electron chi connectivity index (χ4n) is 1.56. The van der Waals surface area contributed by atoms with Gasteiger partial charge >= 0.3 is 0 Å². The van der Waals surface area contributed by atoms with Crippen molar-refractivity contribution in [2.45, 2.75) is 30.7 Å². The first-order valence-corrected chi connectivity index (χ1v) is 10.00. The minimum Gasteiger partial charge on any atom is -0.327 e. The Morgan fingerprint density at radius 2 is 2.11 bits per heavy atom. The molecule has 19 heavy (non-hydrogen) atoms. The molecule has 6 heteroatoms. The number of nitrogens with two attached hydrogens (primary N) is 1. The zero-order chi connectivity index (χ0) is 14.5. The van der Waals surface area contributed by atoms with Crippen molar-refractivity contribution >= 4 is 37.5 Å². The van der Waals surface area contributed by atoms with E-state index in [0.29, 0.717) is 5.75 Å². The Balaban J connectivity index is 2.76. The summed E-state index contributed by atoms with van der Waals surface area (Å²) in [4.78, 5) is 1.11. The Labute approximate surface area is 128 Å². The summed E-state index contributed by atoms with van der Waals surface area (Å²) in [5.74, 6) is 0.771. The fourth-order valence-corrected chi connectivity index (χ4v) is 4.39. The summed E-state index contributed by atoms with van der Waals surface area (Å²) in [5.41, 5.74) is 7.18. The minimum absolute atomic E-state index is 0.149. The summed E-state index contributed by atoms with van der Waals surface area (Å²) in [7, 11) is -2.90. The number of benzene rings is 1. The number of rotatable bonds is 7. The van der Waals surface area contributed by atoms with Crippen LogP contribution in [-0.2, 0) is 16.3 Å². The van der Waals surface area contributed by atoms with Gasteiger partial charge in [-0.3, -0.25) is 0 Å². The predicted octanol–water partition coefficient (Wildman–Crippen LogP) is 2.87. The number of thioether (sulfide) groups is 1. The zero-order valence-electron chi connectivity index (χ0n) is 11.2.